The van der Waals surface area contributed by atoms with Crippen LogP contribution in [0.1, 0.15) is 73.1 Å². The fourth-order valence-electron chi connectivity index (χ4n) is 3.46. The van der Waals surface area contributed by atoms with Gasteiger partial charge in [0.15, 0.2) is 6.29 Å². The number of hydrogen-bond acceptors (Lipinski definition) is 3. The number of benzene rings is 1. The Balaban J connectivity index is 2.09. The van der Waals surface area contributed by atoms with Crippen LogP contribution in [-0.4, -0.2) is 16.8 Å². The molecule has 2 nitrogen and oxygen atoms in total. The van der Waals surface area contributed by atoms with Crippen molar-refractivity contribution in [1.82, 2.24) is 0 Å². The number of rotatable bonds is 8. The van der Waals surface area contributed by atoms with Gasteiger partial charge in [-0.1, -0.05) is 76.4 Å². The number of unbranched alkanes of at least 4 members (excludes halogenated alkanes) is 3. The Hall–Kier alpha value is -0.510. The van der Waals surface area contributed by atoms with Gasteiger partial charge in [0, 0.05) is 17.2 Å². The van der Waals surface area contributed by atoms with E-state index in [-0.39, 0.29) is 16.8 Å². The number of hydrogen-bond donors (Lipinski definition) is 0. The van der Waals surface area contributed by atoms with Crippen LogP contribution in [-0.2, 0) is 9.47 Å². The predicted molar refractivity (Wildman–Crippen MR) is 103 cm³/mol. The fraction of sp³-hybridized carbons (Fsp3) is 0.714. The highest BCUT2D eigenvalue weighted by atomic mass is 32.2. The van der Waals surface area contributed by atoms with Crippen LogP contribution in [0.5, 0.6) is 0 Å². The first kappa shape index (κ1) is 19.8. The molecule has 1 aliphatic rings. The zero-order valence-corrected chi connectivity index (χ0v) is 16.8. The Morgan fingerprint density at radius 1 is 1.08 bits per heavy atom. The van der Waals surface area contributed by atoms with Gasteiger partial charge in [0.1, 0.15) is 4.93 Å². The van der Waals surface area contributed by atoms with E-state index in [2.05, 4.69) is 65.0 Å². The van der Waals surface area contributed by atoms with E-state index in [0.717, 1.165) is 12.8 Å². The van der Waals surface area contributed by atoms with Gasteiger partial charge in [-0.05, 0) is 32.4 Å². The van der Waals surface area contributed by atoms with Gasteiger partial charge in [-0.2, -0.15) is 0 Å². The molecule has 136 valence electrons. The molecule has 2 rings (SSSR count). The molecular formula is C21H34O2S. The van der Waals surface area contributed by atoms with Crippen molar-refractivity contribution < 1.29 is 9.47 Å². The highest BCUT2D eigenvalue weighted by Gasteiger charge is 2.46. The van der Waals surface area contributed by atoms with Gasteiger partial charge in [-0.15, -0.1) is 0 Å². The standard InChI is InChI=1S/C21H34O2S/c1-6-7-8-12-15-20(4)16-21(5,23-19(22-20)17(2)3)24-18-13-10-9-11-14-18/h9-11,13-14,17,19H,6-8,12,15-16H2,1-5H3/t19-,20-,21+/m0/s1. The van der Waals surface area contributed by atoms with Gasteiger partial charge < -0.3 is 9.47 Å². The molecule has 1 aromatic rings. The molecule has 0 spiro atoms. The maximum atomic E-state index is 6.41. The largest absolute Gasteiger partial charge is 0.346 e. The van der Waals surface area contributed by atoms with Crippen LogP contribution >= 0.6 is 11.8 Å². The second kappa shape index (κ2) is 8.73. The van der Waals surface area contributed by atoms with Crippen LogP contribution in [0.25, 0.3) is 0 Å². The van der Waals surface area contributed by atoms with E-state index in [9.17, 15) is 0 Å². The first-order valence-corrected chi connectivity index (χ1v) is 10.3. The number of thioether (sulfide) groups is 1. The lowest BCUT2D eigenvalue weighted by Crippen LogP contribution is -2.51. The van der Waals surface area contributed by atoms with Crippen LogP contribution in [0.2, 0.25) is 0 Å². The molecule has 0 radical (unpaired) electrons. The summed E-state index contributed by atoms with van der Waals surface area (Å²) < 4.78 is 12.8. The summed E-state index contributed by atoms with van der Waals surface area (Å²) in [7, 11) is 0. The summed E-state index contributed by atoms with van der Waals surface area (Å²) in [6, 6.07) is 10.6. The Morgan fingerprint density at radius 3 is 2.42 bits per heavy atom. The normalized spacial score (nSPS) is 30.7. The van der Waals surface area contributed by atoms with Crippen LogP contribution in [0.15, 0.2) is 35.2 Å². The first-order valence-electron chi connectivity index (χ1n) is 9.45. The molecule has 0 bridgehead atoms. The Labute approximate surface area is 152 Å². The van der Waals surface area contributed by atoms with Crippen LogP contribution in [0.4, 0.5) is 0 Å². The zero-order valence-electron chi connectivity index (χ0n) is 16.0. The van der Waals surface area contributed by atoms with Crippen molar-refractivity contribution in [1.29, 1.82) is 0 Å². The minimum atomic E-state index is -0.242. The smallest absolute Gasteiger partial charge is 0.162 e. The van der Waals surface area contributed by atoms with Crippen molar-refractivity contribution in [3.8, 4) is 0 Å². The van der Waals surface area contributed by atoms with Crippen molar-refractivity contribution in [2.75, 3.05) is 0 Å². The predicted octanol–water partition coefficient (Wildman–Crippen LogP) is 6.64. The molecule has 3 atom stereocenters. The second-order valence-electron chi connectivity index (χ2n) is 7.83. The topological polar surface area (TPSA) is 18.5 Å². The molecule has 24 heavy (non-hydrogen) atoms. The minimum Gasteiger partial charge on any atom is -0.346 e. The average Bonchev–Trinajstić information content (AvgIpc) is 2.51. The van der Waals surface area contributed by atoms with E-state index >= 15 is 0 Å². The van der Waals surface area contributed by atoms with E-state index in [1.54, 1.807) is 0 Å². The van der Waals surface area contributed by atoms with Gasteiger partial charge in [-0.25, -0.2) is 0 Å². The van der Waals surface area contributed by atoms with Gasteiger partial charge in [0.2, 0.25) is 0 Å². The van der Waals surface area contributed by atoms with E-state index in [1.165, 1.54) is 30.6 Å². The molecule has 0 aliphatic carbocycles. The van der Waals surface area contributed by atoms with Gasteiger partial charge in [-0.3, -0.25) is 0 Å². The summed E-state index contributed by atoms with van der Waals surface area (Å²) in [5.41, 5.74) is -0.0997. The molecule has 1 saturated heterocycles. The Morgan fingerprint density at radius 2 is 1.79 bits per heavy atom. The lowest BCUT2D eigenvalue weighted by atomic mass is 9.90. The molecule has 0 saturated carbocycles. The van der Waals surface area contributed by atoms with Crippen molar-refractivity contribution in [3.05, 3.63) is 30.3 Å². The highest BCUT2D eigenvalue weighted by molar-refractivity contribution is 8.00. The molecule has 0 N–H and O–H groups in total. The quantitative estimate of drug-likeness (QED) is 0.489. The average molecular weight is 351 g/mol. The van der Waals surface area contributed by atoms with Gasteiger partial charge >= 0.3 is 0 Å². The summed E-state index contributed by atoms with van der Waals surface area (Å²) in [4.78, 5) is 1.02. The monoisotopic (exact) mass is 350 g/mol. The molecule has 0 unspecified atom stereocenters. The molecule has 0 amide bonds. The Bertz CT molecular complexity index is 490. The van der Waals surface area contributed by atoms with E-state index in [0.29, 0.717) is 5.92 Å². The molecular weight excluding hydrogens is 316 g/mol. The van der Waals surface area contributed by atoms with Crippen molar-refractivity contribution in [2.24, 2.45) is 5.92 Å². The summed E-state index contributed by atoms with van der Waals surface area (Å²) in [5.74, 6) is 0.357. The van der Waals surface area contributed by atoms with Crippen LogP contribution in [0.3, 0.4) is 0 Å². The molecule has 1 aromatic carbocycles. The second-order valence-corrected chi connectivity index (χ2v) is 9.37. The van der Waals surface area contributed by atoms with Crippen molar-refractivity contribution in [2.45, 2.75) is 94.9 Å². The van der Waals surface area contributed by atoms with Crippen LogP contribution in [0, 0.1) is 5.92 Å². The van der Waals surface area contributed by atoms with E-state index < -0.39 is 0 Å². The van der Waals surface area contributed by atoms with E-state index in [4.69, 9.17) is 9.47 Å². The molecule has 3 heteroatoms. The Kier molecular flexibility index (Phi) is 7.21. The summed E-state index contributed by atoms with van der Waals surface area (Å²) in [6.45, 7) is 11.1. The molecule has 1 fully saturated rings. The third-order valence-corrected chi connectivity index (χ3v) is 5.82. The van der Waals surface area contributed by atoms with Crippen molar-refractivity contribution in [3.63, 3.8) is 0 Å². The molecule has 1 aliphatic heterocycles. The van der Waals surface area contributed by atoms with E-state index in [1.807, 2.05) is 11.8 Å². The fourth-order valence-corrected chi connectivity index (χ4v) is 4.77. The maximum Gasteiger partial charge on any atom is 0.162 e. The molecule has 0 aromatic heterocycles. The lowest BCUT2D eigenvalue weighted by molar-refractivity contribution is -0.299. The minimum absolute atomic E-state index is 0.0997. The summed E-state index contributed by atoms with van der Waals surface area (Å²) in [6.07, 6.45) is 7.04. The summed E-state index contributed by atoms with van der Waals surface area (Å²) in [5, 5.41) is 0. The third-order valence-electron chi connectivity index (χ3n) is 4.64. The van der Waals surface area contributed by atoms with Gasteiger partial charge in [0.25, 0.3) is 0 Å². The molecule has 1 heterocycles. The van der Waals surface area contributed by atoms with Gasteiger partial charge in [0.05, 0.1) is 5.60 Å². The summed E-state index contributed by atoms with van der Waals surface area (Å²) >= 11 is 1.83. The third kappa shape index (κ3) is 5.79. The zero-order chi connectivity index (χ0) is 17.6. The van der Waals surface area contributed by atoms with Crippen LogP contribution < -0.4 is 0 Å². The lowest BCUT2D eigenvalue weighted by Gasteiger charge is -2.49. The first-order chi connectivity index (χ1) is 11.4. The SMILES string of the molecule is CCCCCC[C@@]1(C)C[C@@](C)(Sc2ccccc2)O[C@@H](C(C)C)O1. The van der Waals surface area contributed by atoms with Crippen molar-refractivity contribution >= 4 is 11.8 Å². The highest BCUT2D eigenvalue weighted by Crippen LogP contribution is 2.47. The number of ether oxygens (including phenoxy) is 2. The maximum absolute atomic E-state index is 6.41.